The maximum Gasteiger partial charge on any atom is 0.164 e. The highest BCUT2D eigenvalue weighted by atomic mass is 16.7. The Kier molecular flexibility index (Phi) is 2.62. The Labute approximate surface area is 84.8 Å². The van der Waals surface area contributed by atoms with Gasteiger partial charge in [0, 0.05) is 11.3 Å². The summed E-state index contributed by atoms with van der Waals surface area (Å²) in [5.41, 5.74) is 0.0964. The molecule has 1 saturated heterocycles. The average Bonchev–Trinajstić information content (AvgIpc) is 2.91. The molecule has 0 spiro atoms. The van der Waals surface area contributed by atoms with Gasteiger partial charge in [0.2, 0.25) is 0 Å². The Bertz CT molecular complexity index is 221. The molecule has 1 saturated carbocycles. The maximum absolute atomic E-state index is 11.5. The van der Waals surface area contributed by atoms with Crippen LogP contribution in [-0.4, -0.2) is 25.3 Å². The van der Waals surface area contributed by atoms with Crippen LogP contribution in [0.1, 0.15) is 33.1 Å². The lowest BCUT2D eigenvalue weighted by Gasteiger charge is -2.34. The quantitative estimate of drug-likeness (QED) is 0.693. The molecule has 0 aromatic heterocycles. The number of ketones is 1. The van der Waals surface area contributed by atoms with E-state index < -0.39 is 0 Å². The third-order valence-corrected chi connectivity index (χ3v) is 2.72. The summed E-state index contributed by atoms with van der Waals surface area (Å²) in [6, 6.07) is 0. The Balaban J connectivity index is 1.75. The van der Waals surface area contributed by atoms with Gasteiger partial charge < -0.3 is 9.47 Å². The molecule has 0 atom stereocenters. The summed E-state index contributed by atoms with van der Waals surface area (Å²) in [5.74, 6) is 0.631. The van der Waals surface area contributed by atoms with Crippen molar-refractivity contribution >= 4 is 5.78 Å². The van der Waals surface area contributed by atoms with Crippen LogP contribution in [0.3, 0.4) is 0 Å². The van der Waals surface area contributed by atoms with E-state index >= 15 is 0 Å². The van der Waals surface area contributed by atoms with Crippen molar-refractivity contribution in [2.75, 3.05) is 13.2 Å². The molecule has 3 heteroatoms. The van der Waals surface area contributed by atoms with Crippen LogP contribution in [0, 0.1) is 11.3 Å². The van der Waals surface area contributed by atoms with Gasteiger partial charge in [-0.3, -0.25) is 4.79 Å². The van der Waals surface area contributed by atoms with Crippen LogP contribution in [0.25, 0.3) is 0 Å². The molecule has 1 heterocycles. The van der Waals surface area contributed by atoms with Gasteiger partial charge in [-0.2, -0.15) is 0 Å². The van der Waals surface area contributed by atoms with E-state index in [4.69, 9.17) is 9.47 Å². The van der Waals surface area contributed by atoms with Crippen molar-refractivity contribution in [1.29, 1.82) is 0 Å². The topological polar surface area (TPSA) is 35.5 Å². The number of hydrogen-bond donors (Lipinski definition) is 0. The Morgan fingerprint density at radius 1 is 1.29 bits per heavy atom. The molecule has 0 N–H and O–H groups in total. The van der Waals surface area contributed by atoms with E-state index in [-0.39, 0.29) is 11.7 Å². The molecule has 2 rings (SSSR count). The van der Waals surface area contributed by atoms with Gasteiger partial charge in [-0.15, -0.1) is 0 Å². The van der Waals surface area contributed by atoms with Gasteiger partial charge in [-0.25, -0.2) is 0 Å². The van der Waals surface area contributed by atoms with Gasteiger partial charge in [0.15, 0.2) is 6.29 Å². The van der Waals surface area contributed by atoms with Crippen molar-refractivity contribution in [1.82, 2.24) is 0 Å². The Morgan fingerprint density at radius 3 is 2.36 bits per heavy atom. The molecule has 0 aromatic carbocycles. The Morgan fingerprint density at radius 2 is 1.86 bits per heavy atom. The molecule has 2 fully saturated rings. The first-order chi connectivity index (χ1) is 6.57. The number of carbonyl (C=O) groups excluding carboxylic acids is 1. The monoisotopic (exact) mass is 198 g/mol. The first-order valence-corrected chi connectivity index (χ1v) is 5.33. The predicted octanol–water partition coefficient (Wildman–Crippen LogP) is 1.75. The minimum absolute atomic E-state index is 0.0964. The third kappa shape index (κ3) is 2.55. The fraction of sp³-hybridized carbons (Fsp3) is 0.909. The molecule has 2 aliphatic rings. The SMILES string of the molecule is CC1(C)COC(CC(=O)C2CC2)OC1. The molecule has 3 nitrogen and oxygen atoms in total. The first kappa shape index (κ1) is 10.1. The molecule has 0 unspecified atom stereocenters. The van der Waals surface area contributed by atoms with E-state index in [1.165, 1.54) is 0 Å². The van der Waals surface area contributed by atoms with Crippen LogP contribution >= 0.6 is 0 Å². The van der Waals surface area contributed by atoms with Gasteiger partial charge >= 0.3 is 0 Å². The van der Waals surface area contributed by atoms with Crippen LogP contribution in [0.5, 0.6) is 0 Å². The van der Waals surface area contributed by atoms with Gasteiger partial charge in [-0.05, 0) is 12.8 Å². The summed E-state index contributed by atoms with van der Waals surface area (Å²) in [5, 5.41) is 0. The zero-order valence-electron chi connectivity index (χ0n) is 8.91. The summed E-state index contributed by atoms with van der Waals surface area (Å²) in [6.07, 6.45) is 2.30. The molecule has 14 heavy (non-hydrogen) atoms. The molecule has 0 radical (unpaired) electrons. The number of hydrogen-bond acceptors (Lipinski definition) is 3. The highest BCUT2D eigenvalue weighted by Crippen LogP contribution is 2.32. The fourth-order valence-electron chi connectivity index (χ4n) is 1.58. The van der Waals surface area contributed by atoms with Gasteiger partial charge in [-0.1, -0.05) is 13.8 Å². The average molecular weight is 198 g/mol. The van der Waals surface area contributed by atoms with Crippen LogP contribution in [0.2, 0.25) is 0 Å². The standard InChI is InChI=1S/C11H18O3/c1-11(2)6-13-10(14-7-11)5-9(12)8-3-4-8/h8,10H,3-7H2,1-2H3. The van der Waals surface area contributed by atoms with Crippen LogP contribution < -0.4 is 0 Å². The molecule has 0 aromatic rings. The van der Waals surface area contributed by atoms with Crippen molar-refractivity contribution in [2.24, 2.45) is 11.3 Å². The van der Waals surface area contributed by atoms with Crippen molar-refractivity contribution in [3.63, 3.8) is 0 Å². The largest absolute Gasteiger partial charge is 0.352 e. The normalized spacial score (nSPS) is 27.6. The summed E-state index contributed by atoms with van der Waals surface area (Å²) in [7, 11) is 0. The molecule has 80 valence electrons. The van der Waals surface area contributed by atoms with E-state index in [0.29, 0.717) is 31.3 Å². The van der Waals surface area contributed by atoms with Crippen molar-refractivity contribution in [2.45, 2.75) is 39.4 Å². The van der Waals surface area contributed by atoms with Crippen LogP contribution in [0.4, 0.5) is 0 Å². The van der Waals surface area contributed by atoms with E-state index in [1.54, 1.807) is 0 Å². The summed E-state index contributed by atoms with van der Waals surface area (Å²) < 4.78 is 11.0. The second kappa shape index (κ2) is 3.63. The highest BCUT2D eigenvalue weighted by molar-refractivity contribution is 5.83. The molecule has 0 amide bonds. The third-order valence-electron chi connectivity index (χ3n) is 2.72. The molecular formula is C11H18O3. The summed E-state index contributed by atoms with van der Waals surface area (Å²) in [6.45, 7) is 5.59. The molecule has 1 aliphatic heterocycles. The number of ether oxygens (including phenoxy) is 2. The van der Waals surface area contributed by atoms with Crippen LogP contribution in [0.15, 0.2) is 0 Å². The van der Waals surface area contributed by atoms with E-state index in [1.807, 2.05) is 0 Å². The molecule has 0 bridgehead atoms. The zero-order valence-corrected chi connectivity index (χ0v) is 8.91. The van der Waals surface area contributed by atoms with Crippen molar-refractivity contribution < 1.29 is 14.3 Å². The number of Topliss-reactive ketones (excluding diaryl/α,β-unsaturated/α-hetero) is 1. The molecule has 1 aliphatic carbocycles. The zero-order chi connectivity index (χ0) is 10.2. The second-order valence-electron chi connectivity index (χ2n) is 5.16. The second-order valence-corrected chi connectivity index (χ2v) is 5.16. The van der Waals surface area contributed by atoms with Gasteiger partial charge in [0.25, 0.3) is 0 Å². The van der Waals surface area contributed by atoms with E-state index in [9.17, 15) is 4.79 Å². The first-order valence-electron chi connectivity index (χ1n) is 5.33. The minimum Gasteiger partial charge on any atom is -0.352 e. The maximum atomic E-state index is 11.5. The van der Waals surface area contributed by atoms with Gasteiger partial charge in [0.1, 0.15) is 5.78 Å². The summed E-state index contributed by atoms with van der Waals surface area (Å²) >= 11 is 0. The molecular weight excluding hydrogens is 180 g/mol. The van der Waals surface area contributed by atoms with Crippen LogP contribution in [-0.2, 0) is 14.3 Å². The lowest BCUT2D eigenvalue weighted by molar-refractivity contribution is -0.222. The van der Waals surface area contributed by atoms with Crippen molar-refractivity contribution in [3.05, 3.63) is 0 Å². The number of carbonyl (C=O) groups is 1. The van der Waals surface area contributed by atoms with E-state index in [2.05, 4.69) is 13.8 Å². The predicted molar refractivity (Wildman–Crippen MR) is 51.8 cm³/mol. The fourth-order valence-corrected chi connectivity index (χ4v) is 1.58. The Hall–Kier alpha value is -0.410. The minimum atomic E-state index is -0.281. The lowest BCUT2D eigenvalue weighted by atomic mass is 9.95. The van der Waals surface area contributed by atoms with Gasteiger partial charge in [0.05, 0.1) is 19.6 Å². The highest BCUT2D eigenvalue weighted by Gasteiger charge is 2.34. The smallest absolute Gasteiger partial charge is 0.164 e. The van der Waals surface area contributed by atoms with Crippen molar-refractivity contribution in [3.8, 4) is 0 Å². The lowest BCUT2D eigenvalue weighted by Crippen LogP contribution is -2.38. The van der Waals surface area contributed by atoms with E-state index in [0.717, 1.165) is 12.8 Å². The summed E-state index contributed by atoms with van der Waals surface area (Å²) in [4.78, 5) is 11.5. The number of rotatable bonds is 3.